The van der Waals surface area contributed by atoms with Crippen LogP contribution in [-0.4, -0.2) is 21.7 Å². The molecule has 0 aliphatic heterocycles. The van der Waals surface area contributed by atoms with Crippen LogP contribution in [0.4, 0.5) is 17.2 Å². The predicted molar refractivity (Wildman–Crippen MR) is 115 cm³/mol. The molecule has 0 fully saturated rings. The van der Waals surface area contributed by atoms with Gasteiger partial charge in [0.25, 0.3) is 5.91 Å². The fourth-order valence-electron chi connectivity index (χ4n) is 2.98. The number of rotatable bonds is 6. The molecule has 0 bridgehead atoms. The van der Waals surface area contributed by atoms with E-state index in [-0.39, 0.29) is 17.4 Å². The molecule has 2 N–H and O–H groups in total. The van der Waals surface area contributed by atoms with Crippen molar-refractivity contribution in [1.82, 2.24) is 9.97 Å². The average molecular weight is 388 g/mol. The Bertz CT molecular complexity index is 1040. The second-order valence-corrected chi connectivity index (χ2v) is 7.14. The summed E-state index contributed by atoms with van der Waals surface area (Å²) in [7, 11) is 0. The van der Waals surface area contributed by atoms with Crippen LogP contribution in [0.1, 0.15) is 58.9 Å². The highest BCUT2D eigenvalue weighted by Crippen LogP contribution is 2.26. The van der Waals surface area contributed by atoms with Gasteiger partial charge in [-0.1, -0.05) is 32.0 Å². The third kappa shape index (κ3) is 5.04. The van der Waals surface area contributed by atoms with E-state index in [1.807, 2.05) is 18.2 Å². The molecule has 0 spiro atoms. The molecule has 0 aliphatic rings. The van der Waals surface area contributed by atoms with Crippen LogP contribution in [0, 0.1) is 6.92 Å². The van der Waals surface area contributed by atoms with Crippen molar-refractivity contribution in [2.45, 2.75) is 33.6 Å². The van der Waals surface area contributed by atoms with Gasteiger partial charge in [-0.3, -0.25) is 9.59 Å². The highest BCUT2D eigenvalue weighted by Gasteiger charge is 2.13. The first-order valence-electron chi connectivity index (χ1n) is 9.47. The predicted octanol–water partition coefficient (Wildman–Crippen LogP) is 5.11. The van der Waals surface area contributed by atoms with Gasteiger partial charge < -0.3 is 10.6 Å². The Labute approximate surface area is 170 Å². The number of para-hydroxylation sites is 1. The minimum atomic E-state index is -0.341. The van der Waals surface area contributed by atoms with Crippen LogP contribution in [-0.2, 0) is 0 Å². The van der Waals surface area contributed by atoms with Gasteiger partial charge in [-0.05, 0) is 55.7 Å². The molecule has 2 aromatic carbocycles. The molecular weight excluding hydrogens is 364 g/mol. The highest BCUT2D eigenvalue weighted by molar-refractivity contribution is 6.03. The summed E-state index contributed by atoms with van der Waals surface area (Å²) in [6.07, 6.45) is 0. The zero-order valence-corrected chi connectivity index (χ0v) is 17.0. The van der Waals surface area contributed by atoms with E-state index < -0.39 is 0 Å². The lowest BCUT2D eigenvalue weighted by atomic mass is 10.0. The van der Waals surface area contributed by atoms with Crippen molar-refractivity contribution in [2.24, 2.45) is 0 Å². The van der Waals surface area contributed by atoms with Crippen LogP contribution in [0.25, 0.3) is 0 Å². The van der Waals surface area contributed by atoms with Crippen molar-refractivity contribution in [1.29, 1.82) is 0 Å². The summed E-state index contributed by atoms with van der Waals surface area (Å²) in [6, 6.07) is 16.4. The second kappa shape index (κ2) is 8.65. The fraction of sp³-hybridized carbons (Fsp3) is 0.217. The molecule has 1 heterocycles. The Hall–Kier alpha value is -3.54. The third-order valence-corrected chi connectivity index (χ3v) is 4.47. The molecule has 6 heteroatoms. The van der Waals surface area contributed by atoms with Gasteiger partial charge in [0.05, 0.1) is 0 Å². The third-order valence-electron chi connectivity index (χ3n) is 4.47. The van der Waals surface area contributed by atoms with E-state index in [1.54, 1.807) is 37.3 Å². The van der Waals surface area contributed by atoms with Gasteiger partial charge in [-0.15, -0.1) is 0 Å². The Kier molecular flexibility index (Phi) is 6.02. The van der Waals surface area contributed by atoms with Gasteiger partial charge in [-0.25, -0.2) is 9.97 Å². The largest absolute Gasteiger partial charge is 0.340 e. The smallest absolute Gasteiger partial charge is 0.274 e. The van der Waals surface area contributed by atoms with Crippen molar-refractivity contribution in [3.05, 3.63) is 77.2 Å². The minimum absolute atomic E-state index is 0.0216. The zero-order valence-electron chi connectivity index (χ0n) is 17.0. The Morgan fingerprint density at radius 3 is 2.31 bits per heavy atom. The van der Waals surface area contributed by atoms with E-state index in [9.17, 15) is 9.59 Å². The number of hydrogen-bond donors (Lipinski definition) is 2. The Balaban J connectivity index is 1.81. The first kappa shape index (κ1) is 20.2. The summed E-state index contributed by atoms with van der Waals surface area (Å²) in [5.74, 6) is 1.04. The molecule has 0 radical (unpaired) electrons. The quantitative estimate of drug-likeness (QED) is 0.574. The summed E-state index contributed by atoms with van der Waals surface area (Å²) < 4.78 is 0. The van der Waals surface area contributed by atoms with Gasteiger partial charge in [-0.2, -0.15) is 0 Å². The lowest BCUT2D eigenvalue weighted by molar-refractivity contribution is 0.101. The van der Waals surface area contributed by atoms with Gasteiger partial charge >= 0.3 is 0 Å². The van der Waals surface area contributed by atoms with E-state index in [0.29, 0.717) is 28.8 Å². The van der Waals surface area contributed by atoms with Crippen LogP contribution in [0.3, 0.4) is 0 Å². The molecular formula is C23H24N4O2. The summed E-state index contributed by atoms with van der Waals surface area (Å²) in [6.45, 7) is 7.51. The molecule has 0 unspecified atom stereocenters. The normalized spacial score (nSPS) is 10.7. The van der Waals surface area contributed by atoms with Crippen LogP contribution >= 0.6 is 0 Å². The minimum Gasteiger partial charge on any atom is -0.340 e. The molecule has 0 saturated heterocycles. The molecule has 0 atom stereocenters. The summed E-state index contributed by atoms with van der Waals surface area (Å²) >= 11 is 0. The van der Waals surface area contributed by atoms with Gasteiger partial charge in [0, 0.05) is 23.0 Å². The lowest BCUT2D eigenvalue weighted by Gasteiger charge is -2.15. The number of anilines is 3. The van der Waals surface area contributed by atoms with Gasteiger partial charge in [0.15, 0.2) is 5.78 Å². The number of carbonyl (C=O) groups is 2. The maximum absolute atomic E-state index is 12.7. The maximum Gasteiger partial charge on any atom is 0.274 e. The number of benzene rings is 2. The maximum atomic E-state index is 12.7. The number of aryl methyl sites for hydroxylation is 1. The number of ketones is 1. The van der Waals surface area contributed by atoms with Gasteiger partial charge in [0.2, 0.25) is 0 Å². The standard InChI is InChI=1S/C23H24N4O2/c1-14(2)19-7-5-6-8-20(19)27-22-13-21(24-16(4)25-22)23(29)26-18-11-9-17(10-12-18)15(3)28/h5-14H,1-4H3,(H,26,29)(H,24,25,27). The number of Topliss-reactive ketones (excluding diaryl/α,β-unsaturated/α-hetero) is 1. The zero-order chi connectivity index (χ0) is 21.0. The molecule has 0 aliphatic carbocycles. The Morgan fingerprint density at radius 2 is 1.66 bits per heavy atom. The van der Waals surface area contributed by atoms with E-state index in [4.69, 9.17) is 0 Å². The van der Waals surface area contributed by atoms with E-state index >= 15 is 0 Å². The van der Waals surface area contributed by atoms with Crippen molar-refractivity contribution < 1.29 is 9.59 Å². The summed E-state index contributed by atoms with van der Waals surface area (Å²) in [5, 5.41) is 6.11. The van der Waals surface area contributed by atoms with E-state index in [0.717, 1.165) is 5.69 Å². The van der Waals surface area contributed by atoms with Crippen LogP contribution in [0.2, 0.25) is 0 Å². The monoisotopic (exact) mass is 388 g/mol. The van der Waals surface area contributed by atoms with Crippen molar-refractivity contribution in [3.63, 3.8) is 0 Å². The van der Waals surface area contributed by atoms with Gasteiger partial charge in [0.1, 0.15) is 17.3 Å². The topological polar surface area (TPSA) is 84.0 Å². The van der Waals surface area contributed by atoms with Crippen molar-refractivity contribution in [2.75, 3.05) is 10.6 Å². The number of carbonyl (C=O) groups excluding carboxylic acids is 2. The molecule has 1 amide bonds. The molecule has 29 heavy (non-hydrogen) atoms. The summed E-state index contributed by atoms with van der Waals surface area (Å²) in [4.78, 5) is 32.7. The number of nitrogens with zero attached hydrogens (tertiary/aromatic N) is 2. The van der Waals surface area contributed by atoms with Crippen LogP contribution in [0.15, 0.2) is 54.6 Å². The first-order chi connectivity index (χ1) is 13.8. The van der Waals surface area contributed by atoms with Crippen molar-refractivity contribution in [3.8, 4) is 0 Å². The highest BCUT2D eigenvalue weighted by atomic mass is 16.2. The number of nitrogens with one attached hydrogen (secondary N) is 2. The first-order valence-corrected chi connectivity index (χ1v) is 9.47. The molecule has 0 saturated carbocycles. The molecule has 3 aromatic rings. The molecule has 6 nitrogen and oxygen atoms in total. The average Bonchev–Trinajstić information content (AvgIpc) is 2.68. The Morgan fingerprint density at radius 1 is 0.966 bits per heavy atom. The number of amides is 1. The van der Waals surface area contributed by atoms with E-state index in [2.05, 4.69) is 40.5 Å². The molecule has 148 valence electrons. The second-order valence-electron chi connectivity index (χ2n) is 7.14. The fourth-order valence-corrected chi connectivity index (χ4v) is 2.98. The number of hydrogen-bond acceptors (Lipinski definition) is 5. The van der Waals surface area contributed by atoms with Crippen LogP contribution in [0.5, 0.6) is 0 Å². The number of aromatic nitrogens is 2. The molecule has 3 rings (SSSR count). The SMILES string of the molecule is CC(=O)c1ccc(NC(=O)c2cc(Nc3ccccc3C(C)C)nc(C)n2)cc1. The summed E-state index contributed by atoms with van der Waals surface area (Å²) in [5.41, 5.74) is 3.57. The molecule has 1 aromatic heterocycles. The van der Waals surface area contributed by atoms with Crippen molar-refractivity contribution >= 4 is 28.9 Å². The van der Waals surface area contributed by atoms with Crippen LogP contribution < -0.4 is 10.6 Å². The van der Waals surface area contributed by atoms with E-state index in [1.165, 1.54) is 12.5 Å². The lowest BCUT2D eigenvalue weighted by Crippen LogP contribution is -2.15.